The van der Waals surface area contributed by atoms with E-state index >= 15 is 0 Å². The Balaban J connectivity index is 1.36. The molecule has 0 radical (unpaired) electrons. The van der Waals surface area contributed by atoms with E-state index in [1.807, 2.05) is 54.6 Å². The van der Waals surface area contributed by atoms with Gasteiger partial charge in [0.05, 0.1) is 10.7 Å². The van der Waals surface area contributed by atoms with Gasteiger partial charge in [-0.3, -0.25) is 9.69 Å². The first-order valence-corrected chi connectivity index (χ1v) is 10.7. The number of piperazine rings is 1. The molecule has 0 atom stereocenters. The largest absolute Gasteiger partial charge is 0.368 e. The highest BCUT2D eigenvalue weighted by atomic mass is 35.5. The first kappa shape index (κ1) is 20.7. The number of rotatable bonds is 5. The van der Waals surface area contributed by atoms with Gasteiger partial charge in [0.25, 0.3) is 5.91 Å². The molecule has 1 fully saturated rings. The van der Waals surface area contributed by atoms with Gasteiger partial charge in [-0.15, -0.1) is 0 Å². The minimum absolute atomic E-state index is 0.146. The van der Waals surface area contributed by atoms with Gasteiger partial charge in [-0.2, -0.15) is 0 Å². The van der Waals surface area contributed by atoms with Crippen LogP contribution in [-0.2, 0) is 6.54 Å². The SMILES string of the molecule is O=C(Nc1ccc(N2CCN(Cc3ccccc3Cl)CC2)c(Cl)c1)c1ccccc1. The Morgan fingerprint density at radius 1 is 0.833 bits per heavy atom. The van der Waals surface area contributed by atoms with Gasteiger partial charge in [0, 0.05) is 49.0 Å². The molecule has 1 aliphatic rings. The minimum atomic E-state index is -0.146. The van der Waals surface area contributed by atoms with Crippen molar-refractivity contribution in [3.63, 3.8) is 0 Å². The summed E-state index contributed by atoms with van der Waals surface area (Å²) in [5, 5.41) is 4.36. The molecule has 0 spiro atoms. The topological polar surface area (TPSA) is 35.6 Å². The molecule has 1 N–H and O–H groups in total. The molecule has 4 rings (SSSR count). The van der Waals surface area contributed by atoms with E-state index in [0.29, 0.717) is 16.3 Å². The second-order valence-corrected chi connectivity index (χ2v) is 8.16. The maximum absolute atomic E-state index is 12.3. The van der Waals surface area contributed by atoms with E-state index in [1.165, 1.54) is 0 Å². The van der Waals surface area contributed by atoms with E-state index in [4.69, 9.17) is 23.2 Å². The monoisotopic (exact) mass is 439 g/mol. The summed E-state index contributed by atoms with van der Waals surface area (Å²) >= 11 is 12.8. The second-order valence-electron chi connectivity index (χ2n) is 7.34. The van der Waals surface area contributed by atoms with E-state index in [1.54, 1.807) is 12.1 Å². The number of anilines is 2. The molecule has 1 amide bonds. The van der Waals surface area contributed by atoms with Crippen molar-refractivity contribution in [3.8, 4) is 0 Å². The van der Waals surface area contributed by atoms with Gasteiger partial charge >= 0.3 is 0 Å². The van der Waals surface area contributed by atoms with Gasteiger partial charge in [0.15, 0.2) is 0 Å². The number of carbonyl (C=O) groups is 1. The van der Waals surface area contributed by atoms with Crippen molar-refractivity contribution in [1.82, 2.24) is 4.90 Å². The van der Waals surface area contributed by atoms with Crippen molar-refractivity contribution < 1.29 is 4.79 Å². The maximum atomic E-state index is 12.3. The summed E-state index contributed by atoms with van der Waals surface area (Å²) in [7, 11) is 0. The highest BCUT2D eigenvalue weighted by Crippen LogP contribution is 2.30. The van der Waals surface area contributed by atoms with Gasteiger partial charge < -0.3 is 10.2 Å². The molecule has 0 unspecified atom stereocenters. The van der Waals surface area contributed by atoms with E-state index in [2.05, 4.69) is 21.2 Å². The molecule has 3 aromatic rings. The van der Waals surface area contributed by atoms with Crippen molar-refractivity contribution in [1.29, 1.82) is 0 Å². The summed E-state index contributed by atoms with van der Waals surface area (Å²) in [5.41, 5.74) is 3.46. The van der Waals surface area contributed by atoms with Crippen LogP contribution in [0.5, 0.6) is 0 Å². The fraction of sp³-hybridized carbons (Fsp3) is 0.208. The molecule has 0 saturated carbocycles. The molecule has 6 heteroatoms. The van der Waals surface area contributed by atoms with Crippen LogP contribution in [0.2, 0.25) is 10.0 Å². The van der Waals surface area contributed by atoms with Crippen LogP contribution in [0.1, 0.15) is 15.9 Å². The van der Waals surface area contributed by atoms with Crippen LogP contribution in [-0.4, -0.2) is 37.0 Å². The molecule has 1 heterocycles. The predicted octanol–water partition coefficient (Wildman–Crippen LogP) is 5.57. The van der Waals surface area contributed by atoms with Crippen molar-refractivity contribution in [2.45, 2.75) is 6.54 Å². The number of halogens is 2. The Kier molecular flexibility index (Phi) is 6.58. The normalized spacial score (nSPS) is 14.5. The van der Waals surface area contributed by atoms with Crippen LogP contribution >= 0.6 is 23.2 Å². The van der Waals surface area contributed by atoms with Gasteiger partial charge in [-0.25, -0.2) is 0 Å². The first-order chi connectivity index (χ1) is 14.6. The Morgan fingerprint density at radius 3 is 2.23 bits per heavy atom. The van der Waals surface area contributed by atoms with Gasteiger partial charge in [0.1, 0.15) is 0 Å². The van der Waals surface area contributed by atoms with Crippen LogP contribution < -0.4 is 10.2 Å². The van der Waals surface area contributed by atoms with Crippen LogP contribution in [0, 0.1) is 0 Å². The summed E-state index contributed by atoms with van der Waals surface area (Å²) in [5.74, 6) is -0.146. The zero-order chi connectivity index (χ0) is 20.9. The Bertz CT molecular complexity index is 1020. The quantitative estimate of drug-likeness (QED) is 0.564. The van der Waals surface area contributed by atoms with E-state index in [-0.39, 0.29) is 5.91 Å². The van der Waals surface area contributed by atoms with Gasteiger partial charge in [0.2, 0.25) is 0 Å². The standard InChI is InChI=1S/C24H23Cl2N3O/c25-21-9-5-4-8-19(21)17-28-12-14-29(15-13-28)23-11-10-20(16-22(23)26)27-24(30)18-6-2-1-3-7-18/h1-11,16H,12-15,17H2,(H,27,30). The number of nitrogens with one attached hydrogen (secondary N) is 1. The molecule has 30 heavy (non-hydrogen) atoms. The fourth-order valence-corrected chi connectivity index (χ4v) is 4.14. The second kappa shape index (κ2) is 9.52. The summed E-state index contributed by atoms with van der Waals surface area (Å²) in [6.07, 6.45) is 0. The Labute approximate surface area is 187 Å². The molecule has 1 saturated heterocycles. The molecule has 1 aliphatic heterocycles. The molecule has 154 valence electrons. The molecule has 3 aromatic carbocycles. The Morgan fingerprint density at radius 2 is 1.53 bits per heavy atom. The lowest BCUT2D eigenvalue weighted by Crippen LogP contribution is -2.46. The predicted molar refractivity (Wildman–Crippen MR) is 125 cm³/mol. The molecule has 4 nitrogen and oxygen atoms in total. The number of amides is 1. The third-order valence-electron chi connectivity index (χ3n) is 5.31. The maximum Gasteiger partial charge on any atom is 0.255 e. The third-order valence-corrected chi connectivity index (χ3v) is 5.98. The number of benzene rings is 3. The summed E-state index contributed by atoms with van der Waals surface area (Å²) < 4.78 is 0. The van der Waals surface area contributed by atoms with Crippen LogP contribution in [0.3, 0.4) is 0 Å². The van der Waals surface area contributed by atoms with Crippen molar-refractivity contribution in [3.05, 3.63) is 94.0 Å². The fourth-order valence-electron chi connectivity index (χ4n) is 3.65. The van der Waals surface area contributed by atoms with Gasteiger partial charge in [-0.1, -0.05) is 59.6 Å². The highest BCUT2D eigenvalue weighted by molar-refractivity contribution is 6.33. The number of carbonyl (C=O) groups excluding carboxylic acids is 1. The third kappa shape index (κ3) is 4.96. The molecular weight excluding hydrogens is 417 g/mol. The summed E-state index contributed by atoms with van der Waals surface area (Å²) in [4.78, 5) is 17.0. The molecule has 0 bridgehead atoms. The summed E-state index contributed by atoms with van der Waals surface area (Å²) in [6, 6.07) is 22.8. The smallest absolute Gasteiger partial charge is 0.255 e. The van der Waals surface area contributed by atoms with Crippen LogP contribution in [0.15, 0.2) is 72.8 Å². The van der Waals surface area contributed by atoms with E-state index in [0.717, 1.165) is 49.0 Å². The van der Waals surface area contributed by atoms with Crippen LogP contribution in [0.4, 0.5) is 11.4 Å². The number of hydrogen-bond donors (Lipinski definition) is 1. The van der Waals surface area contributed by atoms with Gasteiger partial charge in [-0.05, 0) is 42.0 Å². The number of hydrogen-bond acceptors (Lipinski definition) is 3. The highest BCUT2D eigenvalue weighted by Gasteiger charge is 2.20. The average Bonchev–Trinajstić information content (AvgIpc) is 2.77. The summed E-state index contributed by atoms with van der Waals surface area (Å²) in [6.45, 7) is 4.51. The van der Waals surface area contributed by atoms with Crippen molar-refractivity contribution in [2.75, 3.05) is 36.4 Å². The molecule has 0 aromatic heterocycles. The minimum Gasteiger partial charge on any atom is -0.368 e. The molecule has 0 aliphatic carbocycles. The van der Waals surface area contributed by atoms with E-state index in [9.17, 15) is 4.79 Å². The zero-order valence-electron chi connectivity index (χ0n) is 16.5. The lowest BCUT2D eigenvalue weighted by Gasteiger charge is -2.36. The first-order valence-electron chi connectivity index (χ1n) is 9.97. The van der Waals surface area contributed by atoms with Crippen molar-refractivity contribution in [2.24, 2.45) is 0 Å². The van der Waals surface area contributed by atoms with Crippen molar-refractivity contribution >= 4 is 40.5 Å². The molecular formula is C24H23Cl2N3O. The zero-order valence-corrected chi connectivity index (χ0v) is 18.0. The lowest BCUT2D eigenvalue weighted by molar-refractivity contribution is 0.102. The van der Waals surface area contributed by atoms with Crippen LogP contribution in [0.25, 0.3) is 0 Å². The average molecular weight is 440 g/mol. The van der Waals surface area contributed by atoms with E-state index < -0.39 is 0 Å². The number of nitrogens with zero attached hydrogens (tertiary/aromatic N) is 2. The Hall–Kier alpha value is -2.53. The lowest BCUT2D eigenvalue weighted by atomic mass is 10.1.